The summed E-state index contributed by atoms with van der Waals surface area (Å²) in [5.74, 6) is 0.762. The SMILES string of the molecule is CC1CC(N2CC3(C2)C(=O)N(C(C)C)CC(=O)N3CC2CCC(Cl)CC2)CCN1. The van der Waals surface area contributed by atoms with Gasteiger partial charge in [-0.2, -0.15) is 0 Å². The molecule has 0 aromatic heterocycles. The fraction of sp³-hybridized carbons (Fsp3) is 0.909. The van der Waals surface area contributed by atoms with Crippen LogP contribution in [0.15, 0.2) is 0 Å². The van der Waals surface area contributed by atoms with Crippen molar-refractivity contribution in [1.82, 2.24) is 20.0 Å². The smallest absolute Gasteiger partial charge is 0.251 e. The normalized spacial score (nSPS) is 36.0. The predicted molar refractivity (Wildman–Crippen MR) is 115 cm³/mol. The largest absolute Gasteiger partial charge is 0.329 e. The predicted octanol–water partition coefficient (Wildman–Crippen LogP) is 2.06. The van der Waals surface area contributed by atoms with Crippen LogP contribution in [0, 0.1) is 5.92 Å². The van der Waals surface area contributed by atoms with Gasteiger partial charge >= 0.3 is 0 Å². The summed E-state index contributed by atoms with van der Waals surface area (Å²) in [6.07, 6.45) is 6.40. The second-order valence-electron chi connectivity index (χ2n) is 10.1. The second-order valence-corrected chi connectivity index (χ2v) is 10.7. The first-order valence-electron chi connectivity index (χ1n) is 11.5. The van der Waals surface area contributed by atoms with Crippen LogP contribution in [0.1, 0.15) is 59.3 Å². The highest BCUT2D eigenvalue weighted by Crippen LogP contribution is 2.39. The first kappa shape index (κ1) is 21.4. The van der Waals surface area contributed by atoms with E-state index in [9.17, 15) is 9.59 Å². The molecule has 0 aromatic rings. The van der Waals surface area contributed by atoms with Gasteiger partial charge in [0.25, 0.3) is 5.91 Å². The molecule has 3 heterocycles. The van der Waals surface area contributed by atoms with Gasteiger partial charge in [-0.1, -0.05) is 0 Å². The Kier molecular flexibility index (Phi) is 6.16. The molecule has 0 aromatic carbocycles. The molecule has 4 aliphatic rings. The fourth-order valence-electron chi connectivity index (χ4n) is 5.81. The van der Waals surface area contributed by atoms with Crippen molar-refractivity contribution >= 4 is 23.4 Å². The number of nitrogens with one attached hydrogen (secondary N) is 1. The van der Waals surface area contributed by atoms with E-state index >= 15 is 0 Å². The molecule has 1 N–H and O–H groups in total. The number of amides is 2. The van der Waals surface area contributed by atoms with Crippen LogP contribution >= 0.6 is 11.6 Å². The number of rotatable bonds is 4. The van der Waals surface area contributed by atoms with E-state index < -0.39 is 5.54 Å². The third-order valence-electron chi connectivity index (χ3n) is 7.66. The van der Waals surface area contributed by atoms with Crippen LogP contribution in [0.5, 0.6) is 0 Å². The third kappa shape index (κ3) is 4.05. The van der Waals surface area contributed by atoms with Crippen molar-refractivity contribution in [2.45, 2.75) is 88.3 Å². The fourth-order valence-corrected chi connectivity index (χ4v) is 6.06. The summed E-state index contributed by atoms with van der Waals surface area (Å²) < 4.78 is 0. The minimum Gasteiger partial charge on any atom is -0.329 e. The number of hydrogen-bond donors (Lipinski definition) is 1. The molecule has 0 bridgehead atoms. The van der Waals surface area contributed by atoms with Crippen molar-refractivity contribution in [2.24, 2.45) is 5.92 Å². The van der Waals surface area contributed by atoms with Gasteiger partial charge in [0.1, 0.15) is 12.1 Å². The molecule has 1 spiro atoms. The van der Waals surface area contributed by atoms with Gasteiger partial charge < -0.3 is 15.1 Å². The van der Waals surface area contributed by atoms with Gasteiger partial charge in [0.2, 0.25) is 5.91 Å². The lowest BCUT2D eigenvalue weighted by molar-refractivity contribution is -0.184. The summed E-state index contributed by atoms with van der Waals surface area (Å²) >= 11 is 6.29. The summed E-state index contributed by atoms with van der Waals surface area (Å²) in [7, 11) is 0. The minimum absolute atomic E-state index is 0.0603. The van der Waals surface area contributed by atoms with E-state index in [1.807, 2.05) is 18.7 Å². The molecule has 2 amide bonds. The van der Waals surface area contributed by atoms with Gasteiger partial charge in [0.15, 0.2) is 0 Å². The van der Waals surface area contributed by atoms with Crippen molar-refractivity contribution in [3.05, 3.63) is 0 Å². The number of nitrogens with zero attached hydrogens (tertiary/aromatic N) is 3. The van der Waals surface area contributed by atoms with Gasteiger partial charge in [-0.05, 0) is 71.8 Å². The quantitative estimate of drug-likeness (QED) is 0.702. The van der Waals surface area contributed by atoms with Crippen LogP contribution in [0.4, 0.5) is 0 Å². The number of carbonyl (C=O) groups is 2. The number of halogens is 1. The van der Waals surface area contributed by atoms with E-state index in [1.165, 1.54) is 0 Å². The molecule has 164 valence electrons. The number of likely N-dealkylation sites (tertiary alicyclic amines) is 1. The summed E-state index contributed by atoms with van der Waals surface area (Å²) in [6.45, 7) is 9.64. The van der Waals surface area contributed by atoms with Gasteiger partial charge in [0, 0.05) is 43.1 Å². The molecular weight excluding hydrogens is 388 g/mol. The number of hydrogen-bond acceptors (Lipinski definition) is 4. The first-order valence-corrected chi connectivity index (χ1v) is 12.0. The average Bonchev–Trinajstić information content (AvgIpc) is 2.64. The van der Waals surface area contributed by atoms with E-state index in [4.69, 9.17) is 11.6 Å². The van der Waals surface area contributed by atoms with Gasteiger partial charge in [-0.25, -0.2) is 0 Å². The number of alkyl halides is 1. The molecular formula is C22H37ClN4O2. The number of piperidine rings is 1. The molecule has 2 unspecified atom stereocenters. The average molecular weight is 425 g/mol. The van der Waals surface area contributed by atoms with Crippen molar-refractivity contribution in [3.63, 3.8) is 0 Å². The van der Waals surface area contributed by atoms with E-state index in [-0.39, 0.29) is 29.8 Å². The molecule has 4 fully saturated rings. The summed E-state index contributed by atoms with van der Waals surface area (Å²) in [6, 6.07) is 1.09. The molecule has 1 aliphatic carbocycles. The summed E-state index contributed by atoms with van der Waals surface area (Å²) in [5, 5.41) is 3.79. The molecule has 2 atom stereocenters. The number of carbonyl (C=O) groups excluding carboxylic acids is 2. The Hall–Kier alpha value is -0.850. The Bertz CT molecular complexity index is 628. The van der Waals surface area contributed by atoms with Crippen LogP contribution in [-0.4, -0.2) is 88.3 Å². The minimum atomic E-state index is -0.647. The number of piperazine rings is 1. The summed E-state index contributed by atoms with van der Waals surface area (Å²) in [4.78, 5) is 33.0. The maximum absolute atomic E-state index is 13.6. The molecule has 6 nitrogen and oxygen atoms in total. The topological polar surface area (TPSA) is 55.9 Å². The standard InChI is InChI=1S/C22H37ClN4O2/c1-15(2)26-12-20(28)27(11-17-4-6-18(23)7-5-17)22(21(26)29)13-25(14-22)19-8-9-24-16(3)10-19/h15-19,24H,4-14H2,1-3H3. The van der Waals surface area contributed by atoms with E-state index in [0.29, 0.717) is 31.1 Å². The molecule has 4 rings (SSSR count). The van der Waals surface area contributed by atoms with Crippen LogP contribution in [0.3, 0.4) is 0 Å². The first-order chi connectivity index (χ1) is 13.8. The maximum atomic E-state index is 13.6. The van der Waals surface area contributed by atoms with Crippen molar-refractivity contribution in [3.8, 4) is 0 Å². The van der Waals surface area contributed by atoms with Crippen LogP contribution in [-0.2, 0) is 9.59 Å². The summed E-state index contributed by atoms with van der Waals surface area (Å²) in [5.41, 5.74) is -0.647. The highest BCUT2D eigenvalue weighted by molar-refractivity contribution is 6.20. The molecule has 7 heteroatoms. The molecule has 3 aliphatic heterocycles. The second kappa shape index (κ2) is 8.35. The molecule has 3 saturated heterocycles. The highest BCUT2D eigenvalue weighted by Gasteiger charge is 2.60. The van der Waals surface area contributed by atoms with E-state index in [1.54, 1.807) is 4.90 Å². The molecule has 1 saturated carbocycles. The lowest BCUT2D eigenvalue weighted by Gasteiger charge is -2.61. The Balaban J connectivity index is 1.51. The van der Waals surface area contributed by atoms with Crippen molar-refractivity contribution < 1.29 is 9.59 Å². The lowest BCUT2D eigenvalue weighted by atomic mass is 9.79. The maximum Gasteiger partial charge on any atom is 0.251 e. The Morgan fingerprint density at radius 1 is 1.14 bits per heavy atom. The third-order valence-corrected chi connectivity index (χ3v) is 8.10. The van der Waals surface area contributed by atoms with Gasteiger partial charge in [0.05, 0.1) is 0 Å². The highest BCUT2D eigenvalue weighted by atomic mass is 35.5. The monoisotopic (exact) mass is 424 g/mol. The van der Waals surface area contributed by atoms with Crippen LogP contribution < -0.4 is 5.32 Å². The van der Waals surface area contributed by atoms with Crippen molar-refractivity contribution in [1.29, 1.82) is 0 Å². The Labute approximate surface area is 180 Å². The van der Waals surface area contributed by atoms with Gasteiger partial charge in [-0.15, -0.1) is 11.6 Å². The molecule has 29 heavy (non-hydrogen) atoms. The Morgan fingerprint density at radius 3 is 2.45 bits per heavy atom. The van der Waals surface area contributed by atoms with E-state index in [0.717, 1.165) is 51.6 Å². The van der Waals surface area contributed by atoms with Crippen LogP contribution in [0.25, 0.3) is 0 Å². The van der Waals surface area contributed by atoms with E-state index in [2.05, 4.69) is 17.1 Å². The van der Waals surface area contributed by atoms with Gasteiger partial charge in [-0.3, -0.25) is 14.5 Å². The lowest BCUT2D eigenvalue weighted by Crippen LogP contribution is -2.82. The Morgan fingerprint density at radius 2 is 1.83 bits per heavy atom. The zero-order valence-corrected chi connectivity index (χ0v) is 19.0. The zero-order chi connectivity index (χ0) is 20.8. The zero-order valence-electron chi connectivity index (χ0n) is 18.2. The molecule has 0 radical (unpaired) electrons. The van der Waals surface area contributed by atoms with Crippen molar-refractivity contribution in [2.75, 3.05) is 32.7 Å². The van der Waals surface area contributed by atoms with Crippen LogP contribution in [0.2, 0.25) is 0 Å².